The number of hydrogen-bond donors (Lipinski definition) is 1. The highest BCUT2D eigenvalue weighted by atomic mass is 16.7. The third kappa shape index (κ3) is 4.05. The Bertz CT molecular complexity index is 803. The molecular formula is C19H21N3O5. The van der Waals surface area contributed by atoms with Crippen molar-refractivity contribution in [1.82, 2.24) is 15.3 Å². The summed E-state index contributed by atoms with van der Waals surface area (Å²) in [5.74, 6) is 2.08. The van der Waals surface area contributed by atoms with E-state index in [1.165, 1.54) is 19.5 Å². The number of amides is 1. The van der Waals surface area contributed by atoms with Crippen LogP contribution in [0, 0.1) is 0 Å². The van der Waals surface area contributed by atoms with E-state index >= 15 is 0 Å². The van der Waals surface area contributed by atoms with E-state index in [2.05, 4.69) is 15.3 Å². The van der Waals surface area contributed by atoms with E-state index in [1.54, 1.807) is 0 Å². The summed E-state index contributed by atoms with van der Waals surface area (Å²) in [7, 11) is 1.49. The van der Waals surface area contributed by atoms with Gasteiger partial charge >= 0.3 is 6.01 Å². The molecule has 8 nitrogen and oxygen atoms in total. The van der Waals surface area contributed by atoms with Crippen LogP contribution in [0.4, 0.5) is 0 Å². The van der Waals surface area contributed by atoms with Crippen LogP contribution in [0.25, 0.3) is 0 Å². The quantitative estimate of drug-likeness (QED) is 0.862. The van der Waals surface area contributed by atoms with Gasteiger partial charge < -0.3 is 24.3 Å². The summed E-state index contributed by atoms with van der Waals surface area (Å²) in [6, 6.07) is 5.98. The molecule has 1 N–H and O–H groups in total. The smallest absolute Gasteiger partial charge is 0.316 e. The van der Waals surface area contributed by atoms with E-state index in [1.807, 2.05) is 18.2 Å². The van der Waals surface area contributed by atoms with Crippen LogP contribution >= 0.6 is 0 Å². The molecule has 1 aliphatic carbocycles. The largest absolute Gasteiger partial charge is 0.490 e. The lowest BCUT2D eigenvalue weighted by Gasteiger charge is -2.29. The number of aromatic nitrogens is 2. The van der Waals surface area contributed by atoms with Crippen LogP contribution < -0.4 is 24.3 Å². The maximum Gasteiger partial charge on any atom is 0.316 e. The number of benzene rings is 1. The van der Waals surface area contributed by atoms with E-state index in [0.717, 1.165) is 42.9 Å². The van der Waals surface area contributed by atoms with Crippen molar-refractivity contribution in [2.24, 2.45) is 0 Å². The number of methoxy groups -OCH3 is 1. The van der Waals surface area contributed by atoms with Gasteiger partial charge in [0.05, 0.1) is 18.8 Å². The molecule has 2 aliphatic rings. The van der Waals surface area contributed by atoms with Crippen molar-refractivity contribution < 1.29 is 23.7 Å². The second-order valence-corrected chi connectivity index (χ2v) is 6.54. The Hall–Kier alpha value is -3.03. The highest BCUT2D eigenvalue weighted by Gasteiger charge is 2.25. The number of carbonyl (C=O) groups is 1. The van der Waals surface area contributed by atoms with Crippen LogP contribution in [0.3, 0.4) is 0 Å². The maximum atomic E-state index is 12.3. The van der Waals surface area contributed by atoms with Crippen molar-refractivity contribution in [3.8, 4) is 23.3 Å². The molecule has 0 unspecified atom stereocenters. The lowest BCUT2D eigenvalue weighted by atomic mass is 9.92. The number of nitrogens with one attached hydrogen (secondary N) is 1. The molecule has 1 fully saturated rings. The topological polar surface area (TPSA) is 91.8 Å². The highest BCUT2D eigenvalue weighted by molar-refractivity contribution is 5.93. The summed E-state index contributed by atoms with van der Waals surface area (Å²) in [6.07, 6.45) is 6.53. The molecule has 0 spiro atoms. The van der Waals surface area contributed by atoms with Crippen molar-refractivity contribution in [1.29, 1.82) is 0 Å². The zero-order valence-electron chi connectivity index (χ0n) is 15.0. The molecule has 27 heavy (non-hydrogen) atoms. The van der Waals surface area contributed by atoms with E-state index in [4.69, 9.17) is 18.9 Å². The minimum Gasteiger partial charge on any atom is -0.490 e. The van der Waals surface area contributed by atoms with Gasteiger partial charge in [-0.25, -0.2) is 9.97 Å². The second kappa shape index (κ2) is 7.69. The summed E-state index contributed by atoms with van der Waals surface area (Å²) >= 11 is 0. The van der Waals surface area contributed by atoms with Crippen LogP contribution in [0.5, 0.6) is 23.3 Å². The molecule has 0 atom stereocenters. The van der Waals surface area contributed by atoms with E-state index in [-0.39, 0.29) is 30.9 Å². The molecular weight excluding hydrogens is 350 g/mol. The fourth-order valence-corrected chi connectivity index (χ4v) is 3.28. The monoisotopic (exact) mass is 371 g/mol. The van der Waals surface area contributed by atoms with Gasteiger partial charge in [-0.1, -0.05) is 0 Å². The fraction of sp³-hybridized carbons (Fsp3) is 0.421. The van der Waals surface area contributed by atoms with E-state index in [9.17, 15) is 4.79 Å². The first-order chi connectivity index (χ1) is 13.2. The van der Waals surface area contributed by atoms with Gasteiger partial charge in [0.1, 0.15) is 5.75 Å². The van der Waals surface area contributed by atoms with Crippen LogP contribution in [-0.4, -0.2) is 41.9 Å². The standard InChI is InChI=1S/C19H21N3O5/c1-24-19-20-9-12(10-21-19)18(23)22-13-2-4-14(5-3-13)27-15-6-7-16-17(8-15)26-11-25-16/h6-10,13-14H,2-5,11H2,1H3,(H,22,23). The van der Waals surface area contributed by atoms with Gasteiger partial charge in [-0.3, -0.25) is 4.79 Å². The normalized spacial score (nSPS) is 20.8. The lowest BCUT2D eigenvalue weighted by Crippen LogP contribution is -2.39. The Kier molecular flexibility index (Phi) is 4.95. The Morgan fingerprint density at radius 2 is 1.85 bits per heavy atom. The zero-order chi connectivity index (χ0) is 18.6. The van der Waals surface area contributed by atoms with Crippen LogP contribution in [0.1, 0.15) is 36.0 Å². The van der Waals surface area contributed by atoms with Gasteiger partial charge in [-0.2, -0.15) is 0 Å². The average Bonchev–Trinajstić information content (AvgIpc) is 3.17. The summed E-state index contributed by atoms with van der Waals surface area (Å²) in [5.41, 5.74) is 0.425. The second-order valence-electron chi connectivity index (χ2n) is 6.54. The van der Waals surface area contributed by atoms with Gasteiger partial charge in [0.25, 0.3) is 5.91 Å². The molecule has 2 heterocycles. The van der Waals surface area contributed by atoms with Crippen molar-refractivity contribution >= 4 is 5.91 Å². The van der Waals surface area contributed by atoms with Crippen molar-refractivity contribution in [3.63, 3.8) is 0 Å². The number of hydrogen-bond acceptors (Lipinski definition) is 7. The minimum atomic E-state index is -0.169. The Balaban J connectivity index is 1.26. The molecule has 0 radical (unpaired) electrons. The first kappa shape index (κ1) is 17.4. The minimum absolute atomic E-state index is 0.121. The first-order valence-corrected chi connectivity index (χ1v) is 8.94. The molecule has 8 heteroatoms. The van der Waals surface area contributed by atoms with Crippen LogP contribution in [0.15, 0.2) is 30.6 Å². The van der Waals surface area contributed by atoms with Crippen molar-refractivity contribution in [2.45, 2.75) is 37.8 Å². The molecule has 0 bridgehead atoms. The number of carbonyl (C=O) groups excluding carboxylic acids is 1. The predicted molar refractivity (Wildman–Crippen MR) is 95.3 cm³/mol. The summed E-state index contributed by atoms with van der Waals surface area (Å²) in [4.78, 5) is 20.2. The van der Waals surface area contributed by atoms with E-state index < -0.39 is 0 Å². The summed E-state index contributed by atoms with van der Waals surface area (Å²) in [5, 5.41) is 3.04. The average molecular weight is 371 g/mol. The molecule has 1 amide bonds. The van der Waals surface area contributed by atoms with Crippen molar-refractivity contribution in [2.75, 3.05) is 13.9 Å². The Morgan fingerprint density at radius 3 is 2.59 bits per heavy atom. The molecule has 1 aromatic heterocycles. The van der Waals surface area contributed by atoms with Gasteiger partial charge in [0.15, 0.2) is 11.5 Å². The Morgan fingerprint density at radius 1 is 1.11 bits per heavy atom. The van der Waals surface area contributed by atoms with Gasteiger partial charge in [-0.15, -0.1) is 0 Å². The maximum absolute atomic E-state index is 12.3. The lowest BCUT2D eigenvalue weighted by molar-refractivity contribution is 0.0892. The fourth-order valence-electron chi connectivity index (χ4n) is 3.28. The van der Waals surface area contributed by atoms with Gasteiger partial charge in [-0.05, 0) is 37.8 Å². The number of nitrogens with zero attached hydrogens (tertiary/aromatic N) is 2. The molecule has 1 aliphatic heterocycles. The molecule has 1 saturated carbocycles. The van der Waals surface area contributed by atoms with Gasteiger partial charge in [0, 0.05) is 24.5 Å². The number of rotatable bonds is 5. The number of ether oxygens (including phenoxy) is 4. The number of fused-ring (bicyclic) bond motifs is 1. The summed E-state index contributed by atoms with van der Waals surface area (Å²) < 4.78 is 21.7. The van der Waals surface area contributed by atoms with Crippen LogP contribution in [-0.2, 0) is 0 Å². The SMILES string of the molecule is COc1ncc(C(=O)NC2CCC(Oc3ccc4c(c3)OCO4)CC2)cn1. The molecule has 0 saturated heterocycles. The van der Waals surface area contributed by atoms with Gasteiger partial charge in [0.2, 0.25) is 6.79 Å². The van der Waals surface area contributed by atoms with E-state index in [0.29, 0.717) is 5.56 Å². The Labute approximate surface area is 156 Å². The first-order valence-electron chi connectivity index (χ1n) is 8.94. The molecule has 1 aromatic carbocycles. The van der Waals surface area contributed by atoms with Crippen molar-refractivity contribution in [3.05, 3.63) is 36.2 Å². The summed E-state index contributed by atoms with van der Waals surface area (Å²) in [6.45, 7) is 0.253. The highest BCUT2D eigenvalue weighted by Crippen LogP contribution is 2.36. The third-order valence-electron chi connectivity index (χ3n) is 4.73. The molecule has 4 rings (SSSR count). The molecule has 142 valence electrons. The molecule has 2 aromatic rings. The van der Waals surface area contributed by atoms with Crippen LogP contribution in [0.2, 0.25) is 0 Å². The predicted octanol–water partition coefficient (Wildman–Crippen LogP) is 2.33. The zero-order valence-corrected chi connectivity index (χ0v) is 15.0. The third-order valence-corrected chi connectivity index (χ3v) is 4.73.